The van der Waals surface area contributed by atoms with Gasteiger partial charge in [-0.15, -0.1) is 0 Å². The molecule has 0 atom stereocenters. The van der Waals surface area contributed by atoms with Crippen LogP contribution in [0.5, 0.6) is 0 Å². The summed E-state index contributed by atoms with van der Waals surface area (Å²) in [6, 6.07) is 0.0674. The second-order valence-electron chi connectivity index (χ2n) is 4.73. The van der Waals surface area contributed by atoms with Gasteiger partial charge in [0, 0.05) is 38.9 Å². The van der Waals surface area contributed by atoms with E-state index in [4.69, 9.17) is 5.11 Å². The van der Waals surface area contributed by atoms with Gasteiger partial charge in [0.2, 0.25) is 0 Å². The molecule has 1 aliphatic rings. The highest BCUT2D eigenvalue weighted by molar-refractivity contribution is 7.98. The predicted molar refractivity (Wildman–Crippen MR) is 73.0 cm³/mol. The Labute approximate surface area is 113 Å². The molecule has 0 aromatic rings. The zero-order valence-electron chi connectivity index (χ0n) is 11.1. The van der Waals surface area contributed by atoms with Crippen LogP contribution in [-0.4, -0.2) is 65.6 Å². The van der Waals surface area contributed by atoms with Crippen LogP contribution in [0.25, 0.3) is 0 Å². The van der Waals surface area contributed by atoms with Crippen molar-refractivity contribution in [3.63, 3.8) is 0 Å². The van der Waals surface area contributed by atoms with Gasteiger partial charge in [0.25, 0.3) is 0 Å². The number of piperidine rings is 1. The third kappa shape index (κ3) is 4.76. The zero-order chi connectivity index (χ0) is 13.5. The highest BCUT2D eigenvalue weighted by Gasteiger charge is 2.25. The lowest BCUT2D eigenvalue weighted by Gasteiger charge is -2.34. The maximum Gasteiger partial charge on any atom is 0.319 e. The smallest absolute Gasteiger partial charge is 0.319 e. The standard InChI is InChI=1S/C12H22N2O3S/c1-13(7-8-18-2)12(17)14-5-3-10(4-6-14)9-11(15)16/h10H,3-9H2,1-2H3,(H,15,16). The Morgan fingerprint density at radius 2 is 2.00 bits per heavy atom. The lowest BCUT2D eigenvalue weighted by Crippen LogP contribution is -2.46. The van der Waals surface area contributed by atoms with Gasteiger partial charge in [-0.1, -0.05) is 0 Å². The van der Waals surface area contributed by atoms with Crippen LogP contribution in [0.3, 0.4) is 0 Å². The number of carboxylic acids is 1. The molecule has 2 amide bonds. The summed E-state index contributed by atoms with van der Waals surface area (Å²) in [4.78, 5) is 26.3. The molecule has 0 spiro atoms. The molecule has 1 fully saturated rings. The Balaban J connectivity index is 2.33. The second kappa shape index (κ2) is 7.51. The molecular formula is C12H22N2O3S. The van der Waals surface area contributed by atoms with Crippen LogP contribution in [0.4, 0.5) is 4.79 Å². The van der Waals surface area contributed by atoms with Gasteiger partial charge in [0.05, 0.1) is 0 Å². The highest BCUT2D eigenvalue weighted by Crippen LogP contribution is 2.21. The van der Waals surface area contributed by atoms with Crippen molar-refractivity contribution in [2.45, 2.75) is 19.3 Å². The Morgan fingerprint density at radius 1 is 1.39 bits per heavy atom. The minimum atomic E-state index is -0.739. The molecule has 1 heterocycles. The number of likely N-dealkylation sites (tertiary alicyclic amines) is 1. The summed E-state index contributed by atoms with van der Waals surface area (Å²) >= 11 is 1.72. The zero-order valence-corrected chi connectivity index (χ0v) is 11.9. The van der Waals surface area contributed by atoms with E-state index in [2.05, 4.69) is 0 Å². The predicted octanol–water partition coefficient (Wildman–Crippen LogP) is 1.59. The number of hydrogen-bond acceptors (Lipinski definition) is 3. The molecule has 18 heavy (non-hydrogen) atoms. The van der Waals surface area contributed by atoms with Crippen LogP contribution in [-0.2, 0) is 4.79 Å². The van der Waals surface area contributed by atoms with E-state index in [0.29, 0.717) is 13.1 Å². The molecule has 0 unspecified atom stereocenters. The van der Waals surface area contributed by atoms with Crippen molar-refractivity contribution in [3.05, 3.63) is 0 Å². The third-order valence-corrected chi connectivity index (χ3v) is 3.90. The van der Waals surface area contributed by atoms with Gasteiger partial charge in [-0.3, -0.25) is 4.79 Å². The molecule has 0 aromatic heterocycles. The van der Waals surface area contributed by atoms with Crippen molar-refractivity contribution >= 4 is 23.8 Å². The van der Waals surface area contributed by atoms with Crippen molar-refractivity contribution in [3.8, 4) is 0 Å². The number of aliphatic carboxylic acids is 1. The lowest BCUT2D eigenvalue weighted by atomic mass is 9.94. The molecule has 0 saturated carbocycles. The summed E-state index contributed by atoms with van der Waals surface area (Å²) < 4.78 is 0. The number of carbonyl (C=O) groups excluding carboxylic acids is 1. The van der Waals surface area contributed by atoms with Crippen molar-refractivity contribution in [2.24, 2.45) is 5.92 Å². The summed E-state index contributed by atoms with van der Waals surface area (Å²) in [7, 11) is 1.82. The van der Waals surface area contributed by atoms with Gasteiger partial charge >= 0.3 is 12.0 Å². The second-order valence-corrected chi connectivity index (χ2v) is 5.71. The Hall–Kier alpha value is -0.910. The summed E-state index contributed by atoms with van der Waals surface area (Å²) in [5, 5.41) is 8.74. The summed E-state index contributed by atoms with van der Waals surface area (Å²) in [6.07, 6.45) is 3.85. The summed E-state index contributed by atoms with van der Waals surface area (Å²) in [5.74, 6) is 0.428. The number of carbonyl (C=O) groups is 2. The molecule has 0 radical (unpaired) electrons. The van der Waals surface area contributed by atoms with E-state index >= 15 is 0 Å². The molecule has 6 heteroatoms. The average molecular weight is 274 g/mol. The Morgan fingerprint density at radius 3 is 2.50 bits per heavy atom. The molecule has 104 valence electrons. The largest absolute Gasteiger partial charge is 0.481 e. The van der Waals surface area contributed by atoms with Crippen LogP contribution in [0.2, 0.25) is 0 Å². The summed E-state index contributed by atoms with van der Waals surface area (Å²) in [6.45, 7) is 2.12. The van der Waals surface area contributed by atoms with E-state index in [9.17, 15) is 9.59 Å². The van der Waals surface area contributed by atoms with Gasteiger partial charge in [0.15, 0.2) is 0 Å². The molecule has 1 aliphatic heterocycles. The van der Waals surface area contributed by atoms with Gasteiger partial charge in [-0.25, -0.2) is 4.79 Å². The topological polar surface area (TPSA) is 60.9 Å². The van der Waals surface area contributed by atoms with Gasteiger partial charge in [0.1, 0.15) is 0 Å². The fraction of sp³-hybridized carbons (Fsp3) is 0.833. The fourth-order valence-electron chi connectivity index (χ4n) is 2.14. The number of carboxylic acid groups (broad SMARTS) is 1. The fourth-order valence-corrected chi connectivity index (χ4v) is 2.60. The van der Waals surface area contributed by atoms with Crippen LogP contribution in [0.15, 0.2) is 0 Å². The Kier molecular flexibility index (Phi) is 6.32. The van der Waals surface area contributed by atoms with E-state index in [0.717, 1.165) is 25.1 Å². The van der Waals surface area contributed by atoms with Gasteiger partial charge in [-0.2, -0.15) is 11.8 Å². The van der Waals surface area contributed by atoms with E-state index in [1.807, 2.05) is 18.2 Å². The molecule has 0 aliphatic carbocycles. The van der Waals surface area contributed by atoms with Crippen molar-refractivity contribution in [1.82, 2.24) is 9.80 Å². The van der Waals surface area contributed by atoms with Crippen molar-refractivity contribution in [1.29, 1.82) is 0 Å². The van der Waals surface area contributed by atoms with Gasteiger partial charge < -0.3 is 14.9 Å². The first-order valence-electron chi connectivity index (χ1n) is 6.25. The van der Waals surface area contributed by atoms with E-state index in [1.165, 1.54) is 0 Å². The number of amides is 2. The SMILES string of the molecule is CSCCN(C)C(=O)N1CCC(CC(=O)O)CC1. The minimum Gasteiger partial charge on any atom is -0.481 e. The van der Waals surface area contributed by atoms with Crippen LogP contribution in [0, 0.1) is 5.92 Å². The van der Waals surface area contributed by atoms with E-state index in [1.54, 1.807) is 16.7 Å². The normalized spacial score (nSPS) is 16.7. The minimum absolute atomic E-state index is 0.0674. The first-order valence-corrected chi connectivity index (χ1v) is 7.64. The molecule has 0 aromatic carbocycles. The molecule has 0 bridgehead atoms. The summed E-state index contributed by atoms with van der Waals surface area (Å²) in [5.41, 5.74) is 0. The number of hydrogen-bond donors (Lipinski definition) is 1. The molecule has 1 rings (SSSR count). The van der Waals surface area contributed by atoms with E-state index in [-0.39, 0.29) is 18.4 Å². The number of thioether (sulfide) groups is 1. The van der Waals surface area contributed by atoms with Crippen LogP contribution >= 0.6 is 11.8 Å². The molecule has 1 N–H and O–H groups in total. The molecule has 5 nitrogen and oxygen atoms in total. The van der Waals surface area contributed by atoms with Crippen molar-refractivity contribution < 1.29 is 14.7 Å². The molecular weight excluding hydrogens is 252 g/mol. The Bertz CT molecular complexity index is 291. The number of urea groups is 1. The van der Waals surface area contributed by atoms with E-state index < -0.39 is 5.97 Å². The monoisotopic (exact) mass is 274 g/mol. The first kappa shape index (κ1) is 15.1. The first-order chi connectivity index (χ1) is 8.54. The quantitative estimate of drug-likeness (QED) is 0.827. The maximum absolute atomic E-state index is 12.1. The lowest BCUT2D eigenvalue weighted by molar-refractivity contribution is -0.138. The number of nitrogens with zero attached hydrogens (tertiary/aromatic N) is 2. The maximum atomic E-state index is 12.1. The number of rotatable bonds is 5. The molecule has 1 saturated heterocycles. The van der Waals surface area contributed by atoms with Crippen LogP contribution in [0.1, 0.15) is 19.3 Å². The third-order valence-electron chi connectivity index (χ3n) is 3.31. The average Bonchev–Trinajstić information content (AvgIpc) is 2.35. The van der Waals surface area contributed by atoms with Crippen molar-refractivity contribution in [2.75, 3.05) is 38.7 Å². The highest BCUT2D eigenvalue weighted by atomic mass is 32.2. The van der Waals surface area contributed by atoms with Gasteiger partial charge in [-0.05, 0) is 25.0 Å². The van der Waals surface area contributed by atoms with Crippen LogP contribution < -0.4 is 0 Å².